The first kappa shape index (κ1) is 18.0. The summed E-state index contributed by atoms with van der Waals surface area (Å²) in [5.41, 5.74) is 1.46. The van der Waals surface area contributed by atoms with Gasteiger partial charge < -0.3 is 14.8 Å². The van der Waals surface area contributed by atoms with Crippen LogP contribution >= 0.6 is 0 Å². The average Bonchev–Trinajstić information content (AvgIpc) is 3.00. The number of nitrogens with one attached hydrogen (secondary N) is 1. The molecule has 6 nitrogen and oxygen atoms in total. The zero-order valence-corrected chi connectivity index (χ0v) is 15.7. The number of hydrogen-bond donors (Lipinski definition) is 1. The summed E-state index contributed by atoms with van der Waals surface area (Å²) >= 11 is 0. The molecule has 0 aliphatic carbocycles. The van der Waals surface area contributed by atoms with Gasteiger partial charge in [-0.1, -0.05) is 6.92 Å². The van der Waals surface area contributed by atoms with Crippen molar-refractivity contribution in [3.05, 3.63) is 17.2 Å². The Kier molecular flexibility index (Phi) is 5.45. The number of carbonyl (C=O) groups is 2. The van der Waals surface area contributed by atoms with E-state index < -0.39 is 0 Å². The summed E-state index contributed by atoms with van der Waals surface area (Å²) in [4.78, 5) is 32.3. The van der Waals surface area contributed by atoms with Crippen molar-refractivity contribution in [3.63, 3.8) is 0 Å². The van der Waals surface area contributed by atoms with Crippen LogP contribution in [0.5, 0.6) is 0 Å². The van der Waals surface area contributed by atoms with Crippen molar-refractivity contribution in [2.24, 2.45) is 0 Å². The Morgan fingerprint density at radius 1 is 1.20 bits per heavy atom. The molecule has 3 rings (SSSR count). The molecule has 0 bridgehead atoms. The van der Waals surface area contributed by atoms with Crippen LogP contribution in [0.15, 0.2) is 0 Å². The molecule has 3 heterocycles. The van der Waals surface area contributed by atoms with Gasteiger partial charge in [-0.05, 0) is 58.8 Å². The minimum Gasteiger partial charge on any atom is -0.347 e. The highest BCUT2D eigenvalue weighted by atomic mass is 16.2. The molecule has 6 heteroatoms. The Labute approximate surface area is 150 Å². The van der Waals surface area contributed by atoms with Crippen molar-refractivity contribution in [3.8, 4) is 0 Å². The van der Waals surface area contributed by atoms with Crippen LogP contribution in [0.4, 0.5) is 0 Å². The molecule has 1 atom stereocenters. The van der Waals surface area contributed by atoms with Crippen molar-refractivity contribution in [2.75, 3.05) is 6.54 Å². The monoisotopic (exact) mass is 346 g/mol. The Morgan fingerprint density at radius 2 is 1.96 bits per heavy atom. The maximum absolute atomic E-state index is 13.2. The van der Waals surface area contributed by atoms with Gasteiger partial charge in [-0.2, -0.15) is 0 Å². The first-order valence-electron chi connectivity index (χ1n) is 9.74. The number of carbonyl (C=O) groups excluding carboxylic acids is 2. The van der Waals surface area contributed by atoms with Crippen LogP contribution in [0.25, 0.3) is 0 Å². The van der Waals surface area contributed by atoms with Gasteiger partial charge in [0.25, 0.3) is 11.8 Å². The highest BCUT2D eigenvalue weighted by Gasteiger charge is 2.33. The van der Waals surface area contributed by atoms with Crippen LogP contribution in [0.2, 0.25) is 0 Å². The van der Waals surface area contributed by atoms with Crippen LogP contribution in [0.1, 0.15) is 86.1 Å². The first-order chi connectivity index (χ1) is 12.0. The number of nitrogens with zero attached hydrogens (tertiary/aromatic N) is 3. The fraction of sp³-hybridized carbons (Fsp3) is 0.737. The summed E-state index contributed by atoms with van der Waals surface area (Å²) < 4.78 is 1.97. The van der Waals surface area contributed by atoms with Gasteiger partial charge in [0, 0.05) is 25.2 Å². The second kappa shape index (κ2) is 7.58. The molecule has 0 saturated carbocycles. The maximum Gasteiger partial charge on any atom is 0.287 e. The van der Waals surface area contributed by atoms with Crippen molar-refractivity contribution in [2.45, 2.75) is 84.3 Å². The lowest BCUT2D eigenvalue weighted by molar-refractivity contribution is 0.0600. The molecule has 2 aliphatic rings. The van der Waals surface area contributed by atoms with Crippen LogP contribution < -0.4 is 5.32 Å². The van der Waals surface area contributed by atoms with E-state index in [2.05, 4.69) is 17.2 Å². The highest BCUT2D eigenvalue weighted by molar-refractivity contribution is 5.97. The fourth-order valence-corrected chi connectivity index (χ4v) is 4.04. The van der Waals surface area contributed by atoms with Gasteiger partial charge in [-0.25, -0.2) is 4.98 Å². The molecule has 1 aromatic rings. The molecule has 1 saturated heterocycles. The molecule has 25 heavy (non-hydrogen) atoms. The van der Waals surface area contributed by atoms with Crippen molar-refractivity contribution in [1.29, 1.82) is 0 Å². The number of rotatable bonds is 4. The van der Waals surface area contributed by atoms with Gasteiger partial charge in [-0.3, -0.25) is 9.59 Å². The number of piperidine rings is 1. The van der Waals surface area contributed by atoms with E-state index in [1.54, 1.807) is 0 Å². The molecular weight excluding hydrogens is 316 g/mol. The second-order valence-corrected chi connectivity index (χ2v) is 7.52. The van der Waals surface area contributed by atoms with E-state index in [0.717, 1.165) is 57.3 Å². The number of likely N-dealkylation sites (tertiary alicyclic amines) is 1. The molecule has 2 aliphatic heterocycles. The van der Waals surface area contributed by atoms with Crippen molar-refractivity contribution >= 4 is 11.8 Å². The molecule has 1 N–H and O–H groups in total. The highest BCUT2D eigenvalue weighted by Crippen LogP contribution is 2.26. The fourth-order valence-electron chi connectivity index (χ4n) is 4.04. The Bertz CT molecular complexity index is 650. The predicted molar refractivity (Wildman–Crippen MR) is 96.7 cm³/mol. The Balaban J connectivity index is 1.94. The van der Waals surface area contributed by atoms with Gasteiger partial charge in [0.15, 0.2) is 5.82 Å². The third-order valence-corrected chi connectivity index (χ3v) is 5.30. The summed E-state index contributed by atoms with van der Waals surface area (Å²) in [6, 6.07) is 0.352. The minimum atomic E-state index is -0.178. The van der Waals surface area contributed by atoms with Crippen LogP contribution in [-0.2, 0) is 13.0 Å². The lowest BCUT2D eigenvalue weighted by atomic mass is 9.99. The molecule has 1 aromatic heterocycles. The summed E-state index contributed by atoms with van der Waals surface area (Å²) in [5.74, 6) is 0.237. The first-order valence-corrected chi connectivity index (χ1v) is 9.74. The van der Waals surface area contributed by atoms with Crippen molar-refractivity contribution in [1.82, 2.24) is 19.8 Å². The van der Waals surface area contributed by atoms with Gasteiger partial charge >= 0.3 is 0 Å². The van der Waals surface area contributed by atoms with Crippen LogP contribution in [-0.4, -0.2) is 44.9 Å². The molecule has 0 spiro atoms. The van der Waals surface area contributed by atoms with Crippen LogP contribution in [0.3, 0.4) is 0 Å². The number of hydrogen-bond acceptors (Lipinski definition) is 3. The Morgan fingerprint density at radius 3 is 2.68 bits per heavy atom. The van der Waals surface area contributed by atoms with E-state index in [0.29, 0.717) is 17.6 Å². The van der Waals surface area contributed by atoms with E-state index in [1.165, 1.54) is 6.42 Å². The van der Waals surface area contributed by atoms with Crippen molar-refractivity contribution < 1.29 is 9.59 Å². The molecule has 138 valence electrons. The number of imidazole rings is 1. The molecule has 0 aromatic carbocycles. The van der Waals surface area contributed by atoms with E-state index >= 15 is 0 Å². The summed E-state index contributed by atoms with van der Waals surface area (Å²) in [6.45, 7) is 7.58. The smallest absolute Gasteiger partial charge is 0.287 e. The number of fused-ring (bicyclic) bond motifs is 1. The second-order valence-electron chi connectivity index (χ2n) is 7.52. The molecule has 1 unspecified atom stereocenters. The SMILES string of the molecule is CCC1CCCCN1C(=O)c1nc(C(=O)NC(C)C)n2c1CCCC2. The lowest BCUT2D eigenvalue weighted by Gasteiger charge is -2.35. The van der Waals surface area contributed by atoms with Gasteiger partial charge in [0.05, 0.1) is 5.69 Å². The standard InChI is InChI=1S/C19H30N4O2/c1-4-14-9-5-7-11-22(14)19(25)16-15-10-6-8-12-23(15)17(21-16)18(24)20-13(2)3/h13-14H,4-12H2,1-3H3,(H,20,24). The molecule has 0 radical (unpaired) electrons. The molecule has 1 fully saturated rings. The van der Waals surface area contributed by atoms with E-state index in [9.17, 15) is 9.59 Å². The Hall–Kier alpha value is -1.85. The quantitative estimate of drug-likeness (QED) is 0.911. The normalized spacial score (nSPS) is 20.5. The third kappa shape index (κ3) is 3.58. The summed E-state index contributed by atoms with van der Waals surface area (Å²) in [6.07, 6.45) is 7.19. The maximum atomic E-state index is 13.2. The minimum absolute atomic E-state index is 0.0146. The summed E-state index contributed by atoms with van der Waals surface area (Å²) in [7, 11) is 0. The van der Waals surface area contributed by atoms with Gasteiger partial charge in [-0.15, -0.1) is 0 Å². The summed E-state index contributed by atoms with van der Waals surface area (Å²) in [5, 5.41) is 2.91. The van der Waals surface area contributed by atoms with E-state index in [4.69, 9.17) is 0 Å². The zero-order valence-electron chi connectivity index (χ0n) is 15.7. The lowest BCUT2D eigenvalue weighted by Crippen LogP contribution is -2.44. The topological polar surface area (TPSA) is 67.2 Å². The predicted octanol–water partition coefficient (Wildman–Crippen LogP) is 2.76. The molecule has 2 amide bonds. The zero-order chi connectivity index (χ0) is 18.0. The number of aromatic nitrogens is 2. The van der Waals surface area contributed by atoms with E-state index in [1.807, 2.05) is 23.3 Å². The van der Waals surface area contributed by atoms with E-state index in [-0.39, 0.29) is 17.9 Å². The largest absolute Gasteiger partial charge is 0.347 e. The van der Waals surface area contributed by atoms with Gasteiger partial charge in [0.1, 0.15) is 5.69 Å². The van der Waals surface area contributed by atoms with Gasteiger partial charge in [0.2, 0.25) is 0 Å². The molecular formula is C19H30N4O2. The van der Waals surface area contributed by atoms with Crippen LogP contribution in [0, 0.1) is 0 Å². The number of amides is 2. The third-order valence-electron chi connectivity index (χ3n) is 5.30. The average molecular weight is 346 g/mol.